The molecule has 0 fully saturated rings. The van der Waals surface area contributed by atoms with Crippen LogP contribution >= 0.6 is 0 Å². The van der Waals surface area contributed by atoms with E-state index in [-0.39, 0.29) is 45.0 Å². The molecule has 4 aromatic rings. The van der Waals surface area contributed by atoms with Gasteiger partial charge in [-0.3, -0.25) is 21.3 Å². The first-order valence-electron chi connectivity index (χ1n) is 15.4. The maximum Gasteiger partial charge on any atom is 0.411 e. The second-order valence-electron chi connectivity index (χ2n) is 11.1. The van der Waals surface area contributed by atoms with E-state index < -0.39 is 56.2 Å². The number of hydrogen-bond acceptors (Lipinski definition) is 12. The number of ether oxygens (including phenoxy) is 4. The summed E-state index contributed by atoms with van der Waals surface area (Å²) in [5.74, 6) is 0. The predicted molar refractivity (Wildman–Crippen MR) is 187 cm³/mol. The van der Waals surface area contributed by atoms with Gasteiger partial charge >= 0.3 is 24.4 Å². The molecule has 0 unspecified atom stereocenters. The molecule has 0 bridgehead atoms. The zero-order valence-electron chi connectivity index (χ0n) is 27.6. The smallest absolute Gasteiger partial charge is 0.411 e. The highest BCUT2D eigenvalue weighted by atomic mass is 16.6. The fraction of sp³-hybridized carbons (Fsp3) is 0.135. The van der Waals surface area contributed by atoms with Crippen LogP contribution in [0.15, 0.2) is 97.1 Å². The molecule has 4 amide bonds. The highest BCUT2D eigenvalue weighted by molar-refractivity contribution is 5.87. The number of carbonyl (C=O) groups excluding carboxylic acids is 4. The van der Waals surface area contributed by atoms with E-state index in [1.54, 1.807) is 0 Å². The van der Waals surface area contributed by atoms with E-state index in [0.29, 0.717) is 0 Å². The van der Waals surface area contributed by atoms with Gasteiger partial charge in [-0.05, 0) is 72.8 Å². The molecule has 4 aromatic carbocycles. The topological polar surface area (TPSA) is 248 Å². The number of carbonyl (C=O) groups is 4. The molecule has 16 heteroatoms. The van der Waals surface area contributed by atoms with Gasteiger partial charge in [0.05, 0.1) is 46.5 Å². The third-order valence-corrected chi connectivity index (χ3v) is 6.99. The third-order valence-electron chi connectivity index (χ3n) is 6.99. The molecule has 0 saturated carbocycles. The van der Waals surface area contributed by atoms with Gasteiger partial charge in [0.2, 0.25) is 0 Å². The first-order valence-corrected chi connectivity index (χ1v) is 15.4. The summed E-state index contributed by atoms with van der Waals surface area (Å²) in [6.45, 7) is -2.66. The zero-order valence-corrected chi connectivity index (χ0v) is 27.6. The number of anilines is 4. The maximum atomic E-state index is 12.9. The van der Waals surface area contributed by atoms with Crippen molar-refractivity contribution in [3.8, 4) is 24.3 Å². The van der Waals surface area contributed by atoms with Crippen LogP contribution in [0.4, 0.5) is 41.9 Å². The van der Waals surface area contributed by atoms with Gasteiger partial charge in [0.1, 0.15) is 31.8 Å². The van der Waals surface area contributed by atoms with E-state index >= 15 is 0 Å². The van der Waals surface area contributed by atoms with Crippen molar-refractivity contribution in [1.29, 1.82) is 21.0 Å². The largest absolute Gasteiger partial charge is 0.448 e. The summed E-state index contributed by atoms with van der Waals surface area (Å²) >= 11 is 0. The Morgan fingerprint density at radius 1 is 0.434 bits per heavy atom. The quantitative estimate of drug-likeness (QED) is 0.116. The summed E-state index contributed by atoms with van der Waals surface area (Å²) in [5.41, 5.74) is 0.177. The normalized spacial score (nSPS) is 10.0. The lowest BCUT2D eigenvalue weighted by Crippen LogP contribution is -2.45. The number of rotatable bonds is 12. The Hall–Kier alpha value is -8.08. The van der Waals surface area contributed by atoms with Crippen LogP contribution in [0.25, 0.3) is 0 Å². The molecule has 0 aromatic heterocycles. The summed E-state index contributed by atoms with van der Waals surface area (Å²) in [6, 6.07) is 31.7. The lowest BCUT2D eigenvalue weighted by atomic mass is 9.92. The van der Waals surface area contributed by atoms with Crippen LogP contribution in [0.3, 0.4) is 0 Å². The number of nitrogens with one attached hydrogen (secondary N) is 4. The molecule has 264 valence electrons. The van der Waals surface area contributed by atoms with Crippen LogP contribution in [0, 0.1) is 50.7 Å². The molecule has 0 radical (unpaired) electrons. The average Bonchev–Trinajstić information content (AvgIpc) is 3.17. The van der Waals surface area contributed by atoms with Crippen LogP contribution < -0.4 is 21.3 Å². The first-order chi connectivity index (χ1) is 25.6. The van der Waals surface area contributed by atoms with Gasteiger partial charge in [0.25, 0.3) is 0 Å². The van der Waals surface area contributed by atoms with Crippen LogP contribution in [0.5, 0.6) is 0 Å². The minimum Gasteiger partial charge on any atom is -0.448 e. The second kappa shape index (κ2) is 18.6. The molecule has 0 heterocycles. The molecule has 0 aliphatic heterocycles. The average molecular weight is 713 g/mol. The van der Waals surface area contributed by atoms with Crippen molar-refractivity contribution in [3.05, 3.63) is 119 Å². The van der Waals surface area contributed by atoms with Gasteiger partial charge in [-0.25, -0.2) is 19.2 Å². The predicted octanol–water partition coefficient (Wildman–Crippen LogP) is 6.45. The Balaban J connectivity index is 1.57. The van der Waals surface area contributed by atoms with Crippen molar-refractivity contribution in [2.75, 3.05) is 47.7 Å². The molecule has 0 aliphatic rings. The third kappa shape index (κ3) is 12.1. The Bertz CT molecular complexity index is 1860. The van der Waals surface area contributed by atoms with Crippen LogP contribution in [0.2, 0.25) is 0 Å². The number of nitriles is 4. The van der Waals surface area contributed by atoms with E-state index in [0.717, 1.165) is 0 Å². The molecular formula is C37H28N8O8. The highest BCUT2D eigenvalue weighted by Crippen LogP contribution is 2.24. The summed E-state index contributed by atoms with van der Waals surface area (Å²) < 4.78 is 21.8. The summed E-state index contributed by atoms with van der Waals surface area (Å²) in [6.07, 6.45) is -4.06. The van der Waals surface area contributed by atoms with E-state index in [9.17, 15) is 40.2 Å². The molecule has 0 spiro atoms. The van der Waals surface area contributed by atoms with Gasteiger partial charge in [-0.1, -0.05) is 24.3 Å². The van der Waals surface area contributed by atoms with Gasteiger partial charge < -0.3 is 18.9 Å². The minimum absolute atomic E-state index is 0.223. The number of nitrogens with zero attached hydrogens (tertiary/aromatic N) is 4. The molecule has 4 N–H and O–H groups in total. The monoisotopic (exact) mass is 712 g/mol. The summed E-state index contributed by atoms with van der Waals surface area (Å²) in [4.78, 5) is 51.7. The lowest BCUT2D eigenvalue weighted by Gasteiger charge is -2.31. The molecule has 4 rings (SSSR count). The number of amides is 4. The molecule has 53 heavy (non-hydrogen) atoms. The molecule has 0 atom stereocenters. The Labute approximate surface area is 302 Å². The van der Waals surface area contributed by atoms with Gasteiger partial charge in [-0.2, -0.15) is 21.0 Å². The lowest BCUT2D eigenvalue weighted by molar-refractivity contribution is -0.0420. The van der Waals surface area contributed by atoms with Crippen LogP contribution in [0.1, 0.15) is 22.3 Å². The fourth-order valence-electron chi connectivity index (χ4n) is 4.41. The molecule has 0 saturated heterocycles. The standard InChI is InChI=1S/C37H28N8O8/c38-17-25-5-1-9-29(13-25)42-33(46)50-21-37(22-51-34(47)43-30-10-2-6-26(14-30)18-39,23-52-35(48)44-31-11-3-7-27(15-31)19-40)24-53-36(49)45-32-12-4-8-28(16-32)20-41/h1-16H,21-24H2,(H,42,46)(H,43,47)(H,44,48)(H,45,49). The number of hydrogen-bond donors (Lipinski definition) is 4. The zero-order chi connectivity index (χ0) is 38.1. The van der Waals surface area contributed by atoms with Crippen molar-refractivity contribution in [2.24, 2.45) is 5.41 Å². The van der Waals surface area contributed by atoms with E-state index in [4.69, 9.17) is 18.9 Å². The Morgan fingerprint density at radius 2 is 0.660 bits per heavy atom. The van der Waals surface area contributed by atoms with E-state index in [1.807, 2.05) is 24.3 Å². The Kier molecular flexibility index (Phi) is 13.3. The van der Waals surface area contributed by atoms with Crippen molar-refractivity contribution in [1.82, 2.24) is 0 Å². The Morgan fingerprint density at radius 3 is 0.868 bits per heavy atom. The van der Waals surface area contributed by atoms with Crippen LogP contribution in [-0.2, 0) is 18.9 Å². The number of benzene rings is 4. The molecule has 16 nitrogen and oxygen atoms in total. The van der Waals surface area contributed by atoms with Crippen molar-refractivity contribution in [2.45, 2.75) is 0 Å². The minimum atomic E-state index is -1.75. The summed E-state index contributed by atoms with van der Waals surface area (Å²) in [7, 11) is 0. The second-order valence-corrected chi connectivity index (χ2v) is 11.1. The van der Waals surface area contributed by atoms with Crippen molar-refractivity contribution < 1.29 is 38.1 Å². The van der Waals surface area contributed by atoms with Gasteiger partial charge in [0, 0.05) is 22.7 Å². The van der Waals surface area contributed by atoms with Crippen LogP contribution in [-0.4, -0.2) is 50.8 Å². The fourth-order valence-corrected chi connectivity index (χ4v) is 4.41. The summed E-state index contributed by atoms with van der Waals surface area (Å²) in [5, 5.41) is 46.6. The van der Waals surface area contributed by atoms with Crippen molar-refractivity contribution in [3.63, 3.8) is 0 Å². The first kappa shape index (κ1) is 37.7. The molecular weight excluding hydrogens is 684 g/mol. The maximum absolute atomic E-state index is 12.9. The van der Waals surface area contributed by atoms with Crippen molar-refractivity contribution >= 4 is 47.1 Å². The van der Waals surface area contributed by atoms with E-state index in [2.05, 4.69) is 21.3 Å². The SMILES string of the molecule is N#Cc1cccc(NC(=O)OCC(COC(=O)Nc2cccc(C#N)c2)(COC(=O)Nc2cccc(C#N)c2)COC(=O)Nc2cccc(C#N)c2)c1. The van der Waals surface area contributed by atoms with Gasteiger partial charge in [-0.15, -0.1) is 0 Å². The molecule has 0 aliphatic carbocycles. The van der Waals surface area contributed by atoms with E-state index in [1.165, 1.54) is 97.1 Å². The highest BCUT2D eigenvalue weighted by Gasteiger charge is 2.38. The van der Waals surface area contributed by atoms with Gasteiger partial charge in [0.15, 0.2) is 0 Å².